The molecule has 0 aliphatic carbocycles. The van der Waals surface area contributed by atoms with Gasteiger partial charge in [0, 0.05) is 37.6 Å². The highest BCUT2D eigenvalue weighted by atomic mass is 19.1. The van der Waals surface area contributed by atoms with Crippen molar-refractivity contribution in [1.82, 2.24) is 14.9 Å². The molecule has 3 rings (SSSR count). The SMILES string of the molecule is O=C(c1ccc(F)nc1)N1CCc2ncccc2C1. The van der Waals surface area contributed by atoms with Gasteiger partial charge in [-0.15, -0.1) is 0 Å². The second kappa shape index (κ2) is 4.76. The van der Waals surface area contributed by atoms with E-state index in [1.54, 1.807) is 11.1 Å². The summed E-state index contributed by atoms with van der Waals surface area (Å²) in [6.45, 7) is 1.17. The molecule has 0 unspecified atom stereocenters. The van der Waals surface area contributed by atoms with Crippen LogP contribution in [0, 0.1) is 5.95 Å². The first kappa shape index (κ1) is 11.8. The van der Waals surface area contributed by atoms with Gasteiger partial charge in [-0.2, -0.15) is 4.39 Å². The van der Waals surface area contributed by atoms with Crippen LogP contribution in [0.4, 0.5) is 4.39 Å². The van der Waals surface area contributed by atoms with Crippen molar-refractivity contribution in [2.24, 2.45) is 0 Å². The molecule has 1 amide bonds. The van der Waals surface area contributed by atoms with Crippen molar-refractivity contribution in [2.75, 3.05) is 6.54 Å². The van der Waals surface area contributed by atoms with Crippen LogP contribution in [0.25, 0.3) is 0 Å². The average Bonchev–Trinajstić information content (AvgIpc) is 2.47. The molecule has 96 valence electrons. The normalized spacial score (nSPS) is 14.1. The molecule has 0 N–H and O–H groups in total. The summed E-state index contributed by atoms with van der Waals surface area (Å²) in [6, 6.07) is 6.51. The minimum atomic E-state index is -0.579. The lowest BCUT2D eigenvalue weighted by atomic mass is 10.1. The summed E-state index contributed by atoms with van der Waals surface area (Å²) in [5, 5.41) is 0. The maximum atomic E-state index is 12.7. The van der Waals surface area contributed by atoms with Crippen LogP contribution in [-0.4, -0.2) is 27.3 Å². The minimum absolute atomic E-state index is 0.123. The first-order chi connectivity index (χ1) is 9.24. The minimum Gasteiger partial charge on any atom is -0.334 e. The van der Waals surface area contributed by atoms with Gasteiger partial charge in [0.1, 0.15) is 0 Å². The first-order valence-corrected chi connectivity index (χ1v) is 6.07. The number of amides is 1. The van der Waals surface area contributed by atoms with Crippen LogP contribution < -0.4 is 0 Å². The Morgan fingerprint density at radius 2 is 2.16 bits per heavy atom. The van der Waals surface area contributed by atoms with Crippen LogP contribution in [0.1, 0.15) is 21.6 Å². The number of rotatable bonds is 1. The summed E-state index contributed by atoms with van der Waals surface area (Å²) in [5.41, 5.74) is 2.52. The predicted octanol–water partition coefficient (Wildman–Crippen LogP) is 1.81. The fourth-order valence-electron chi connectivity index (χ4n) is 2.22. The van der Waals surface area contributed by atoms with Crippen molar-refractivity contribution in [1.29, 1.82) is 0 Å². The average molecular weight is 257 g/mol. The third-order valence-corrected chi connectivity index (χ3v) is 3.23. The maximum absolute atomic E-state index is 12.7. The molecule has 0 spiro atoms. The zero-order chi connectivity index (χ0) is 13.2. The number of hydrogen-bond donors (Lipinski definition) is 0. The van der Waals surface area contributed by atoms with Gasteiger partial charge < -0.3 is 4.90 Å². The van der Waals surface area contributed by atoms with Crippen molar-refractivity contribution >= 4 is 5.91 Å². The lowest BCUT2D eigenvalue weighted by molar-refractivity contribution is 0.0733. The Bertz CT molecular complexity index is 612. The molecule has 1 aliphatic heterocycles. The summed E-state index contributed by atoms with van der Waals surface area (Å²) in [4.78, 5) is 21.8. The summed E-state index contributed by atoms with van der Waals surface area (Å²) in [6.07, 6.45) is 3.78. The first-order valence-electron chi connectivity index (χ1n) is 6.07. The van der Waals surface area contributed by atoms with Gasteiger partial charge in [-0.3, -0.25) is 9.78 Å². The Morgan fingerprint density at radius 3 is 2.95 bits per heavy atom. The third-order valence-electron chi connectivity index (χ3n) is 3.23. The molecular formula is C14H12FN3O. The Morgan fingerprint density at radius 1 is 1.26 bits per heavy atom. The predicted molar refractivity (Wildman–Crippen MR) is 66.9 cm³/mol. The summed E-state index contributed by atoms with van der Waals surface area (Å²) < 4.78 is 12.7. The van der Waals surface area contributed by atoms with Crippen molar-refractivity contribution < 1.29 is 9.18 Å². The molecule has 0 aromatic carbocycles. The third kappa shape index (κ3) is 2.31. The van der Waals surface area contributed by atoms with E-state index in [1.165, 1.54) is 18.3 Å². The lowest BCUT2D eigenvalue weighted by Crippen LogP contribution is -2.36. The van der Waals surface area contributed by atoms with Gasteiger partial charge in [0.05, 0.1) is 5.56 Å². The Hall–Kier alpha value is -2.30. The molecule has 0 saturated carbocycles. The molecule has 19 heavy (non-hydrogen) atoms. The Balaban J connectivity index is 1.81. The molecule has 0 fully saturated rings. The van der Waals surface area contributed by atoms with E-state index in [4.69, 9.17) is 0 Å². The van der Waals surface area contributed by atoms with Crippen LogP contribution in [0.3, 0.4) is 0 Å². The molecule has 5 heteroatoms. The summed E-state index contributed by atoms with van der Waals surface area (Å²) >= 11 is 0. The zero-order valence-corrected chi connectivity index (χ0v) is 10.2. The zero-order valence-electron chi connectivity index (χ0n) is 10.2. The smallest absolute Gasteiger partial charge is 0.255 e. The van der Waals surface area contributed by atoms with Gasteiger partial charge in [-0.25, -0.2) is 4.98 Å². The topological polar surface area (TPSA) is 46.1 Å². The number of pyridine rings is 2. The van der Waals surface area contributed by atoms with E-state index in [2.05, 4.69) is 9.97 Å². The molecule has 1 aliphatic rings. The number of nitrogens with zero attached hydrogens (tertiary/aromatic N) is 3. The summed E-state index contributed by atoms with van der Waals surface area (Å²) in [7, 11) is 0. The molecule has 0 saturated heterocycles. The van der Waals surface area contributed by atoms with E-state index in [0.29, 0.717) is 18.7 Å². The Kier molecular flexibility index (Phi) is 2.95. The second-order valence-corrected chi connectivity index (χ2v) is 4.46. The highest BCUT2D eigenvalue weighted by Crippen LogP contribution is 2.18. The number of fused-ring (bicyclic) bond motifs is 1. The lowest BCUT2D eigenvalue weighted by Gasteiger charge is -2.28. The number of halogens is 1. The van der Waals surface area contributed by atoms with Crippen LogP contribution in [0.2, 0.25) is 0 Å². The summed E-state index contributed by atoms with van der Waals surface area (Å²) in [5.74, 6) is -0.702. The van der Waals surface area contributed by atoms with Gasteiger partial charge in [0.15, 0.2) is 0 Å². The van der Waals surface area contributed by atoms with E-state index in [9.17, 15) is 9.18 Å². The van der Waals surface area contributed by atoms with Crippen molar-refractivity contribution in [3.8, 4) is 0 Å². The monoisotopic (exact) mass is 257 g/mol. The fourth-order valence-corrected chi connectivity index (χ4v) is 2.22. The molecular weight excluding hydrogens is 245 g/mol. The molecule has 0 atom stereocenters. The molecule has 0 bridgehead atoms. The van der Waals surface area contributed by atoms with Crippen molar-refractivity contribution in [3.05, 3.63) is 59.4 Å². The van der Waals surface area contributed by atoms with Gasteiger partial charge in [0.25, 0.3) is 5.91 Å². The number of carbonyl (C=O) groups is 1. The van der Waals surface area contributed by atoms with E-state index in [-0.39, 0.29) is 5.91 Å². The van der Waals surface area contributed by atoms with Gasteiger partial charge in [-0.05, 0) is 23.8 Å². The van der Waals surface area contributed by atoms with Crippen LogP contribution in [-0.2, 0) is 13.0 Å². The highest BCUT2D eigenvalue weighted by molar-refractivity contribution is 5.94. The maximum Gasteiger partial charge on any atom is 0.255 e. The standard InChI is InChI=1S/C14H12FN3O/c15-13-4-3-10(8-17-13)14(19)18-7-5-12-11(9-18)2-1-6-16-12/h1-4,6,8H,5,7,9H2. The van der Waals surface area contributed by atoms with Gasteiger partial charge >= 0.3 is 0 Å². The number of carbonyl (C=O) groups excluding carboxylic acids is 1. The van der Waals surface area contributed by atoms with Gasteiger partial charge in [-0.1, -0.05) is 6.07 Å². The van der Waals surface area contributed by atoms with Crippen LogP contribution in [0.15, 0.2) is 36.7 Å². The van der Waals surface area contributed by atoms with Crippen LogP contribution in [0.5, 0.6) is 0 Å². The Labute approximate surface area is 109 Å². The quantitative estimate of drug-likeness (QED) is 0.732. The second-order valence-electron chi connectivity index (χ2n) is 4.46. The molecule has 2 aromatic rings. The highest BCUT2D eigenvalue weighted by Gasteiger charge is 2.22. The van der Waals surface area contributed by atoms with E-state index < -0.39 is 5.95 Å². The van der Waals surface area contributed by atoms with Crippen LogP contribution >= 0.6 is 0 Å². The molecule has 3 heterocycles. The molecule has 2 aromatic heterocycles. The van der Waals surface area contributed by atoms with Crippen molar-refractivity contribution in [2.45, 2.75) is 13.0 Å². The van der Waals surface area contributed by atoms with Crippen molar-refractivity contribution in [3.63, 3.8) is 0 Å². The molecule has 0 radical (unpaired) electrons. The van der Waals surface area contributed by atoms with E-state index in [0.717, 1.165) is 17.7 Å². The van der Waals surface area contributed by atoms with E-state index >= 15 is 0 Å². The van der Waals surface area contributed by atoms with Gasteiger partial charge in [0.2, 0.25) is 5.95 Å². The number of hydrogen-bond acceptors (Lipinski definition) is 3. The largest absolute Gasteiger partial charge is 0.334 e. The van der Waals surface area contributed by atoms with E-state index in [1.807, 2.05) is 12.1 Å². The fraction of sp³-hybridized carbons (Fsp3) is 0.214. The number of aromatic nitrogens is 2. The molecule has 4 nitrogen and oxygen atoms in total.